The molecule has 1 unspecified atom stereocenters. The van der Waals surface area contributed by atoms with E-state index < -0.39 is 27.5 Å². The topological polar surface area (TPSA) is 136 Å². The zero-order valence-corrected chi connectivity index (χ0v) is 21.6. The maximum absolute atomic E-state index is 12.9. The fourth-order valence-corrected chi connectivity index (χ4v) is 4.61. The zero-order chi connectivity index (χ0) is 26.7. The van der Waals surface area contributed by atoms with Crippen LogP contribution in [0.5, 0.6) is 0 Å². The molecule has 2 aromatic heterocycles. The molecule has 4 rings (SSSR count). The molecule has 11 heteroatoms. The number of rotatable bonds is 7. The molecule has 2 heterocycles. The predicted octanol–water partition coefficient (Wildman–Crippen LogP) is 3.63. The third kappa shape index (κ3) is 6.07. The summed E-state index contributed by atoms with van der Waals surface area (Å²) in [4.78, 5) is 33.5. The lowest BCUT2D eigenvalue weighted by Gasteiger charge is -2.15. The van der Waals surface area contributed by atoms with Crippen molar-refractivity contribution >= 4 is 27.4 Å². The van der Waals surface area contributed by atoms with Gasteiger partial charge in [-0.25, -0.2) is 23.1 Å². The molecular formula is C26H26N6O4S. The van der Waals surface area contributed by atoms with Gasteiger partial charge in [0.05, 0.1) is 10.6 Å². The fourth-order valence-electron chi connectivity index (χ4n) is 3.62. The van der Waals surface area contributed by atoms with Gasteiger partial charge < -0.3 is 5.32 Å². The van der Waals surface area contributed by atoms with Gasteiger partial charge in [-0.3, -0.25) is 14.3 Å². The molecule has 190 valence electrons. The van der Waals surface area contributed by atoms with Crippen molar-refractivity contribution in [2.45, 2.75) is 38.6 Å². The first-order valence-electron chi connectivity index (χ1n) is 11.4. The quantitative estimate of drug-likeness (QED) is 0.381. The number of hydrogen-bond acceptors (Lipinski definition) is 7. The van der Waals surface area contributed by atoms with E-state index >= 15 is 0 Å². The van der Waals surface area contributed by atoms with Crippen LogP contribution in [0.2, 0.25) is 0 Å². The van der Waals surface area contributed by atoms with Crippen molar-refractivity contribution in [1.29, 1.82) is 0 Å². The maximum atomic E-state index is 12.9. The number of nitrogens with zero attached hydrogens (tertiary/aromatic N) is 4. The molecule has 0 radical (unpaired) electrons. The summed E-state index contributed by atoms with van der Waals surface area (Å²) in [7, 11) is -3.90. The van der Waals surface area contributed by atoms with E-state index in [9.17, 15) is 18.0 Å². The minimum Gasteiger partial charge on any atom is -0.324 e. The van der Waals surface area contributed by atoms with Crippen LogP contribution in [0.4, 0.5) is 11.5 Å². The molecule has 0 aliphatic heterocycles. The van der Waals surface area contributed by atoms with E-state index in [1.54, 1.807) is 26.8 Å². The Kier molecular flexibility index (Phi) is 7.16. The third-order valence-electron chi connectivity index (χ3n) is 5.56. The highest BCUT2D eigenvalue weighted by molar-refractivity contribution is 7.92. The van der Waals surface area contributed by atoms with Gasteiger partial charge in [0.15, 0.2) is 0 Å². The lowest BCUT2D eigenvalue weighted by atomic mass is 10.1. The SMILES string of the molecule is Cc1ccc(-c2ccc(=O)n(C(C)C(=O)Nc3ccc(S(=O)(=O)Nc4cc(C)nc(C)n4)cc3)n2)cc1. The molecule has 2 N–H and O–H groups in total. The highest BCUT2D eigenvalue weighted by atomic mass is 32.2. The number of anilines is 2. The monoisotopic (exact) mass is 518 g/mol. The summed E-state index contributed by atoms with van der Waals surface area (Å²) in [5.74, 6) is 0.140. The van der Waals surface area contributed by atoms with Crippen LogP contribution in [0.1, 0.15) is 30.0 Å². The lowest BCUT2D eigenvalue weighted by molar-refractivity contribution is -0.119. The molecule has 1 amide bonds. The van der Waals surface area contributed by atoms with Gasteiger partial charge in [-0.05, 0) is 58.0 Å². The van der Waals surface area contributed by atoms with Gasteiger partial charge in [0.1, 0.15) is 17.7 Å². The number of benzene rings is 2. The number of hydrogen-bond donors (Lipinski definition) is 2. The number of aryl methyl sites for hydroxylation is 3. The number of aromatic nitrogens is 4. The molecule has 0 bridgehead atoms. The number of carbonyl (C=O) groups is 1. The Balaban J connectivity index is 1.48. The molecule has 1 atom stereocenters. The second-order valence-corrected chi connectivity index (χ2v) is 10.3. The summed E-state index contributed by atoms with van der Waals surface area (Å²) in [6.45, 7) is 6.96. The summed E-state index contributed by atoms with van der Waals surface area (Å²) >= 11 is 0. The Morgan fingerprint density at radius 3 is 2.24 bits per heavy atom. The van der Waals surface area contributed by atoms with Crippen LogP contribution >= 0.6 is 0 Å². The standard InChI is InChI=1S/C26H26N6O4S/c1-16-5-7-20(8-6-16)23-13-14-25(33)32(30-23)18(3)26(34)29-21-9-11-22(12-10-21)37(35,36)31-24-15-17(2)27-19(4)28-24/h5-15,18H,1-4H3,(H,29,34)(H,27,28,31). The lowest BCUT2D eigenvalue weighted by Crippen LogP contribution is -2.33. The van der Waals surface area contributed by atoms with Crippen LogP contribution in [0.25, 0.3) is 11.3 Å². The summed E-state index contributed by atoms with van der Waals surface area (Å²) in [6, 6.07) is 17.0. The van der Waals surface area contributed by atoms with Gasteiger partial charge >= 0.3 is 0 Å². The Morgan fingerprint density at radius 2 is 1.59 bits per heavy atom. The van der Waals surface area contributed by atoms with Crippen LogP contribution in [-0.4, -0.2) is 34.1 Å². The van der Waals surface area contributed by atoms with Gasteiger partial charge in [0.2, 0.25) is 5.91 Å². The first-order chi connectivity index (χ1) is 17.5. The van der Waals surface area contributed by atoms with E-state index in [0.29, 0.717) is 22.9 Å². The Bertz CT molecular complexity index is 1590. The Labute approximate surface area is 214 Å². The number of sulfonamides is 1. The normalized spacial score (nSPS) is 12.1. The number of carbonyl (C=O) groups excluding carboxylic acids is 1. The molecule has 10 nitrogen and oxygen atoms in total. The summed E-state index contributed by atoms with van der Waals surface area (Å²) in [5.41, 5.74) is 3.07. The van der Waals surface area contributed by atoms with Crippen molar-refractivity contribution in [3.8, 4) is 11.3 Å². The van der Waals surface area contributed by atoms with Crippen LogP contribution in [0.3, 0.4) is 0 Å². The maximum Gasteiger partial charge on any atom is 0.267 e. The molecule has 0 aliphatic carbocycles. The average Bonchev–Trinajstić information content (AvgIpc) is 2.84. The van der Waals surface area contributed by atoms with Gasteiger partial charge in [0.25, 0.3) is 15.6 Å². The molecule has 0 saturated carbocycles. The van der Waals surface area contributed by atoms with E-state index in [4.69, 9.17) is 0 Å². The minimum absolute atomic E-state index is 0.00356. The zero-order valence-electron chi connectivity index (χ0n) is 20.8. The fraction of sp³-hybridized carbons (Fsp3) is 0.192. The van der Waals surface area contributed by atoms with Gasteiger partial charge in [-0.1, -0.05) is 29.8 Å². The molecule has 0 saturated heterocycles. The second kappa shape index (κ2) is 10.3. The Morgan fingerprint density at radius 1 is 0.919 bits per heavy atom. The average molecular weight is 519 g/mol. The second-order valence-electron chi connectivity index (χ2n) is 8.60. The largest absolute Gasteiger partial charge is 0.324 e. The molecule has 0 fully saturated rings. The molecular weight excluding hydrogens is 492 g/mol. The highest BCUT2D eigenvalue weighted by Gasteiger charge is 2.20. The first kappa shape index (κ1) is 25.7. The smallest absolute Gasteiger partial charge is 0.267 e. The minimum atomic E-state index is -3.90. The van der Waals surface area contributed by atoms with E-state index in [1.165, 1.54) is 36.4 Å². The van der Waals surface area contributed by atoms with E-state index in [0.717, 1.165) is 15.8 Å². The first-order valence-corrected chi connectivity index (χ1v) is 12.9. The molecule has 2 aromatic carbocycles. The Hall–Kier alpha value is -4.38. The van der Waals surface area contributed by atoms with Crippen molar-refractivity contribution < 1.29 is 13.2 Å². The van der Waals surface area contributed by atoms with Crippen LogP contribution < -0.4 is 15.6 Å². The van der Waals surface area contributed by atoms with E-state index in [1.807, 2.05) is 31.2 Å². The molecule has 0 aliphatic rings. The predicted molar refractivity (Wildman–Crippen MR) is 141 cm³/mol. The molecule has 37 heavy (non-hydrogen) atoms. The summed E-state index contributed by atoms with van der Waals surface area (Å²) in [5, 5.41) is 7.08. The van der Waals surface area contributed by atoms with Crippen LogP contribution in [0, 0.1) is 20.8 Å². The summed E-state index contributed by atoms with van der Waals surface area (Å²) < 4.78 is 29.1. The van der Waals surface area contributed by atoms with Crippen LogP contribution in [-0.2, 0) is 14.8 Å². The van der Waals surface area contributed by atoms with Gasteiger partial charge in [0, 0.05) is 29.1 Å². The van der Waals surface area contributed by atoms with Crippen molar-refractivity contribution in [2.75, 3.05) is 10.0 Å². The molecule has 4 aromatic rings. The van der Waals surface area contributed by atoms with Gasteiger partial charge in [-0.2, -0.15) is 5.10 Å². The van der Waals surface area contributed by atoms with Crippen molar-refractivity contribution in [3.05, 3.63) is 94.2 Å². The molecule has 0 spiro atoms. The third-order valence-corrected chi connectivity index (χ3v) is 6.93. The van der Waals surface area contributed by atoms with E-state index in [-0.39, 0.29) is 10.7 Å². The number of amides is 1. The number of nitrogens with one attached hydrogen (secondary N) is 2. The van der Waals surface area contributed by atoms with Crippen molar-refractivity contribution in [2.24, 2.45) is 0 Å². The summed E-state index contributed by atoms with van der Waals surface area (Å²) in [6.07, 6.45) is 0. The van der Waals surface area contributed by atoms with Gasteiger partial charge in [-0.15, -0.1) is 0 Å². The van der Waals surface area contributed by atoms with Crippen molar-refractivity contribution in [3.63, 3.8) is 0 Å². The highest BCUT2D eigenvalue weighted by Crippen LogP contribution is 2.20. The van der Waals surface area contributed by atoms with Crippen molar-refractivity contribution in [1.82, 2.24) is 19.7 Å². The van der Waals surface area contributed by atoms with Crippen LogP contribution in [0.15, 0.2) is 76.4 Å². The van der Waals surface area contributed by atoms with E-state index in [2.05, 4.69) is 25.1 Å².